The SMILES string of the molecule is CCC(C)N(CC)CC(N)CCOC. The Balaban J connectivity index is 3.79. The van der Waals surface area contributed by atoms with Gasteiger partial charge >= 0.3 is 0 Å². The van der Waals surface area contributed by atoms with Gasteiger partial charge in [-0.3, -0.25) is 4.90 Å². The van der Waals surface area contributed by atoms with Crippen molar-refractivity contribution < 1.29 is 4.74 Å². The average Bonchev–Trinajstić information content (AvgIpc) is 2.21. The highest BCUT2D eigenvalue weighted by Crippen LogP contribution is 2.04. The van der Waals surface area contributed by atoms with Gasteiger partial charge in [0.25, 0.3) is 0 Å². The molecule has 0 aromatic heterocycles. The molecule has 0 aromatic rings. The molecular weight excluding hydrogens is 176 g/mol. The van der Waals surface area contributed by atoms with E-state index in [0.717, 1.165) is 26.1 Å². The molecule has 0 bridgehead atoms. The molecule has 14 heavy (non-hydrogen) atoms. The first-order valence-electron chi connectivity index (χ1n) is 5.64. The minimum Gasteiger partial charge on any atom is -0.385 e. The van der Waals surface area contributed by atoms with E-state index in [2.05, 4.69) is 25.7 Å². The highest BCUT2D eigenvalue weighted by molar-refractivity contribution is 4.71. The smallest absolute Gasteiger partial charge is 0.0477 e. The quantitative estimate of drug-likeness (QED) is 0.648. The van der Waals surface area contributed by atoms with Gasteiger partial charge in [0.2, 0.25) is 0 Å². The molecule has 0 amide bonds. The summed E-state index contributed by atoms with van der Waals surface area (Å²) in [5.41, 5.74) is 6.01. The van der Waals surface area contributed by atoms with Gasteiger partial charge in [-0.25, -0.2) is 0 Å². The van der Waals surface area contributed by atoms with Crippen LogP contribution in [-0.4, -0.2) is 43.8 Å². The second-order valence-corrected chi connectivity index (χ2v) is 3.89. The van der Waals surface area contributed by atoms with Crippen LogP contribution in [0.5, 0.6) is 0 Å². The first-order valence-corrected chi connectivity index (χ1v) is 5.64. The molecule has 3 nitrogen and oxygen atoms in total. The lowest BCUT2D eigenvalue weighted by molar-refractivity contribution is 0.161. The molecule has 2 unspecified atom stereocenters. The van der Waals surface area contributed by atoms with E-state index in [0.29, 0.717) is 6.04 Å². The molecule has 2 N–H and O–H groups in total. The minimum atomic E-state index is 0.240. The van der Waals surface area contributed by atoms with E-state index in [1.54, 1.807) is 7.11 Å². The van der Waals surface area contributed by atoms with Crippen molar-refractivity contribution in [1.82, 2.24) is 4.90 Å². The molecule has 3 heteroatoms. The van der Waals surface area contributed by atoms with Gasteiger partial charge in [-0.15, -0.1) is 0 Å². The topological polar surface area (TPSA) is 38.5 Å². The lowest BCUT2D eigenvalue weighted by Gasteiger charge is -2.29. The summed E-state index contributed by atoms with van der Waals surface area (Å²) in [6.07, 6.45) is 2.13. The van der Waals surface area contributed by atoms with Crippen LogP contribution in [0.25, 0.3) is 0 Å². The highest BCUT2D eigenvalue weighted by atomic mass is 16.5. The van der Waals surface area contributed by atoms with Crippen LogP contribution in [0.1, 0.15) is 33.6 Å². The van der Waals surface area contributed by atoms with Gasteiger partial charge in [-0.05, 0) is 26.3 Å². The maximum absolute atomic E-state index is 6.01. The summed E-state index contributed by atoms with van der Waals surface area (Å²) in [5.74, 6) is 0. The fourth-order valence-corrected chi connectivity index (χ4v) is 1.54. The second-order valence-electron chi connectivity index (χ2n) is 3.89. The largest absolute Gasteiger partial charge is 0.385 e. The Bertz CT molecular complexity index is 130. The Morgan fingerprint density at radius 2 is 2.00 bits per heavy atom. The van der Waals surface area contributed by atoms with Gasteiger partial charge in [0.05, 0.1) is 0 Å². The van der Waals surface area contributed by atoms with E-state index in [9.17, 15) is 0 Å². The molecule has 0 saturated carbocycles. The van der Waals surface area contributed by atoms with Crippen LogP contribution in [0, 0.1) is 0 Å². The van der Waals surface area contributed by atoms with Gasteiger partial charge in [0.15, 0.2) is 0 Å². The third-order valence-electron chi connectivity index (χ3n) is 2.78. The van der Waals surface area contributed by atoms with Gasteiger partial charge in [0.1, 0.15) is 0 Å². The fraction of sp³-hybridized carbons (Fsp3) is 1.00. The van der Waals surface area contributed by atoms with E-state index in [4.69, 9.17) is 10.5 Å². The summed E-state index contributed by atoms with van der Waals surface area (Å²) in [5, 5.41) is 0. The van der Waals surface area contributed by atoms with Gasteiger partial charge in [0, 0.05) is 32.3 Å². The van der Waals surface area contributed by atoms with Crippen molar-refractivity contribution in [3.8, 4) is 0 Å². The Morgan fingerprint density at radius 1 is 1.36 bits per heavy atom. The van der Waals surface area contributed by atoms with Crippen molar-refractivity contribution in [2.24, 2.45) is 5.73 Å². The molecule has 0 rings (SSSR count). The molecule has 2 atom stereocenters. The normalized spacial score (nSPS) is 15.9. The monoisotopic (exact) mass is 202 g/mol. The third-order valence-corrected chi connectivity index (χ3v) is 2.78. The number of methoxy groups -OCH3 is 1. The molecule has 0 fully saturated rings. The standard InChI is InChI=1S/C11H26N2O/c1-5-10(3)13(6-2)9-11(12)7-8-14-4/h10-11H,5-9,12H2,1-4H3. The molecule has 0 heterocycles. The van der Waals surface area contributed by atoms with Crippen molar-refractivity contribution in [3.63, 3.8) is 0 Å². The molecule has 86 valence electrons. The van der Waals surface area contributed by atoms with Crippen molar-refractivity contribution in [1.29, 1.82) is 0 Å². The van der Waals surface area contributed by atoms with E-state index >= 15 is 0 Å². The first kappa shape index (κ1) is 13.9. The number of hydrogen-bond acceptors (Lipinski definition) is 3. The predicted octanol–water partition coefficient (Wildman–Crippen LogP) is 1.47. The number of nitrogens with zero attached hydrogens (tertiary/aromatic N) is 1. The lowest BCUT2D eigenvalue weighted by atomic mass is 10.1. The number of nitrogens with two attached hydrogens (primary N) is 1. The third kappa shape index (κ3) is 5.58. The molecule has 0 spiro atoms. The van der Waals surface area contributed by atoms with E-state index in [1.807, 2.05) is 0 Å². The zero-order valence-corrected chi connectivity index (χ0v) is 10.1. The van der Waals surface area contributed by atoms with E-state index in [-0.39, 0.29) is 6.04 Å². The maximum atomic E-state index is 6.01. The summed E-state index contributed by atoms with van der Waals surface area (Å²) < 4.78 is 5.02. The second kappa shape index (κ2) is 8.21. The van der Waals surface area contributed by atoms with Crippen LogP contribution in [0.15, 0.2) is 0 Å². The summed E-state index contributed by atoms with van der Waals surface area (Å²) in [7, 11) is 1.72. The van der Waals surface area contributed by atoms with Crippen molar-refractivity contribution in [2.45, 2.75) is 45.7 Å². The fourth-order valence-electron chi connectivity index (χ4n) is 1.54. The molecule has 0 aliphatic rings. The van der Waals surface area contributed by atoms with Crippen molar-refractivity contribution in [2.75, 3.05) is 26.8 Å². The average molecular weight is 202 g/mol. The van der Waals surface area contributed by atoms with Gasteiger partial charge in [-0.2, -0.15) is 0 Å². The van der Waals surface area contributed by atoms with Crippen molar-refractivity contribution >= 4 is 0 Å². The number of ether oxygens (including phenoxy) is 1. The zero-order valence-electron chi connectivity index (χ0n) is 10.1. The Kier molecular flexibility index (Phi) is 8.14. The summed E-state index contributed by atoms with van der Waals surface area (Å²) in [6, 6.07) is 0.873. The van der Waals surface area contributed by atoms with E-state index < -0.39 is 0 Å². The van der Waals surface area contributed by atoms with Crippen LogP contribution < -0.4 is 5.73 Å². The number of rotatable bonds is 8. The summed E-state index contributed by atoms with van der Waals surface area (Å²) in [6.45, 7) is 9.49. The van der Waals surface area contributed by atoms with E-state index in [1.165, 1.54) is 6.42 Å². The zero-order chi connectivity index (χ0) is 11.0. The Labute approximate surface area is 88.6 Å². The summed E-state index contributed by atoms with van der Waals surface area (Å²) in [4.78, 5) is 2.43. The van der Waals surface area contributed by atoms with Gasteiger partial charge < -0.3 is 10.5 Å². The number of hydrogen-bond donors (Lipinski definition) is 1. The van der Waals surface area contributed by atoms with Crippen LogP contribution in [0.2, 0.25) is 0 Å². The number of likely N-dealkylation sites (N-methyl/N-ethyl adjacent to an activating group) is 1. The molecule has 0 aromatic carbocycles. The van der Waals surface area contributed by atoms with Crippen molar-refractivity contribution in [3.05, 3.63) is 0 Å². The van der Waals surface area contributed by atoms with Crippen LogP contribution >= 0.6 is 0 Å². The highest BCUT2D eigenvalue weighted by Gasteiger charge is 2.13. The molecular formula is C11H26N2O. The molecule has 0 aliphatic heterocycles. The molecule has 0 aliphatic carbocycles. The predicted molar refractivity (Wildman–Crippen MR) is 61.5 cm³/mol. The Morgan fingerprint density at radius 3 is 2.43 bits per heavy atom. The molecule has 0 radical (unpaired) electrons. The minimum absolute atomic E-state index is 0.240. The molecule has 0 saturated heterocycles. The first-order chi connectivity index (χ1) is 6.65. The van der Waals surface area contributed by atoms with Crippen LogP contribution in [0.4, 0.5) is 0 Å². The lowest BCUT2D eigenvalue weighted by Crippen LogP contribution is -2.42. The Hall–Kier alpha value is -0.120. The summed E-state index contributed by atoms with van der Waals surface area (Å²) >= 11 is 0. The van der Waals surface area contributed by atoms with Crippen LogP contribution in [0.3, 0.4) is 0 Å². The maximum Gasteiger partial charge on any atom is 0.0477 e. The van der Waals surface area contributed by atoms with Gasteiger partial charge in [-0.1, -0.05) is 13.8 Å². The van der Waals surface area contributed by atoms with Crippen LogP contribution in [-0.2, 0) is 4.74 Å².